The van der Waals surface area contributed by atoms with Gasteiger partial charge in [0.1, 0.15) is 30.3 Å². The Morgan fingerprint density at radius 1 is 1.20 bits per heavy atom. The van der Waals surface area contributed by atoms with Crippen molar-refractivity contribution in [3.8, 4) is 5.75 Å². The molecule has 1 aromatic carbocycles. The number of carbonyl (C=O) groups is 2. The summed E-state index contributed by atoms with van der Waals surface area (Å²) in [6.45, 7) is 13.2. The van der Waals surface area contributed by atoms with Crippen molar-refractivity contribution in [1.82, 2.24) is 9.80 Å². The minimum atomic E-state index is -0.938. The average molecular weight is 688 g/mol. The molecule has 0 bridgehead atoms. The van der Waals surface area contributed by atoms with Crippen molar-refractivity contribution in [2.75, 3.05) is 13.2 Å². The van der Waals surface area contributed by atoms with Crippen LogP contribution >= 0.6 is 28.5 Å². The maximum Gasteiger partial charge on any atom is 0.412 e. The lowest BCUT2D eigenvalue weighted by Crippen LogP contribution is -2.54. The van der Waals surface area contributed by atoms with E-state index in [1.807, 2.05) is 44.2 Å². The van der Waals surface area contributed by atoms with Gasteiger partial charge in [-0.25, -0.2) is 4.79 Å². The Kier molecular flexibility index (Phi) is 11.0. The number of hydrogen-bond donors (Lipinski definition) is 0. The van der Waals surface area contributed by atoms with Crippen LogP contribution in [0.25, 0.3) is 0 Å². The number of benzene rings is 1. The summed E-state index contributed by atoms with van der Waals surface area (Å²) >= 11 is 2.07. The van der Waals surface area contributed by atoms with E-state index >= 15 is 0 Å². The molecule has 12 heteroatoms. The van der Waals surface area contributed by atoms with E-state index in [1.54, 1.807) is 39.5 Å². The molecule has 0 aliphatic carbocycles. The number of carbonyl (C=O) groups excluding carboxylic acids is 2. The van der Waals surface area contributed by atoms with E-state index in [4.69, 9.17) is 23.2 Å². The lowest BCUT2D eigenvalue weighted by molar-refractivity contribution is -0.0634. The molecule has 1 saturated heterocycles. The summed E-state index contributed by atoms with van der Waals surface area (Å²) in [5.41, 5.74) is -1.29. The van der Waals surface area contributed by atoms with Crippen LogP contribution in [0.2, 0.25) is 0 Å². The zero-order valence-electron chi connectivity index (χ0n) is 24.0. The third-order valence-electron chi connectivity index (χ3n) is 6.10. The van der Waals surface area contributed by atoms with Crippen molar-refractivity contribution >= 4 is 40.5 Å². The number of rotatable bonds is 10. The van der Waals surface area contributed by atoms with Crippen LogP contribution in [0.3, 0.4) is 0 Å². The highest BCUT2D eigenvalue weighted by atomic mass is 127. The van der Waals surface area contributed by atoms with Gasteiger partial charge in [0.2, 0.25) is 16.9 Å². The largest absolute Gasteiger partial charge is 0.481 e. The van der Waals surface area contributed by atoms with Crippen molar-refractivity contribution in [2.24, 2.45) is 0 Å². The first-order chi connectivity index (χ1) is 18.7. The Labute approximate surface area is 250 Å². The molecular formula is C28H38IN2O8P. The van der Waals surface area contributed by atoms with E-state index in [9.17, 15) is 14.4 Å². The van der Waals surface area contributed by atoms with E-state index in [2.05, 4.69) is 22.0 Å². The maximum atomic E-state index is 14.0. The van der Waals surface area contributed by atoms with E-state index in [-0.39, 0.29) is 56.1 Å². The summed E-state index contributed by atoms with van der Waals surface area (Å²) < 4.78 is 28.8. The predicted molar refractivity (Wildman–Crippen MR) is 161 cm³/mol. The molecular weight excluding hydrogens is 650 g/mol. The Hall–Kier alpha value is -2.21. The van der Waals surface area contributed by atoms with Crippen LogP contribution in [-0.2, 0) is 27.2 Å². The molecule has 1 fully saturated rings. The van der Waals surface area contributed by atoms with Crippen molar-refractivity contribution in [1.29, 1.82) is 0 Å². The molecule has 3 rings (SSSR count). The van der Waals surface area contributed by atoms with Gasteiger partial charge in [-0.05, 0) is 76.1 Å². The fourth-order valence-electron chi connectivity index (χ4n) is 4.29. The van der Waals surface area contributed by atoms with Crippen molar-refractivity contribution < 1.29 is 32.7 Å². The first kappa shape index (κ1) is 32.3. The molecule has 1 aliphatic rings. The Balaban J connectivity index is 1.95. The first-order valence-corrected chi connectivity index (χ1v) is 17.0. The second-order valence-electron chi connectivity index (χ2n) is 11.2. The third kappa shape index (κ3) is 8.41. The topological polar surface area (TPSA) is 108 Å². The summed E-state index contributed by atoms with van der Waals surface area (Å²) in [4.78, 5) is 43.4. The predicted octanol–water partition coefficient (Wildman–Crippen LogP) is 5.90. The van der Waals surface area contributed by atoms with Gasteiger partial charge >= 0.3 is 6.09 Å². The Morgan fingerprint density at radius 3 is 2.48 bits per heavy atom. The standard InChI is InChI=1S/C28H38IN2O8P/c1-18(2)30(14-20-16-36-28(6,7)31(20)26(34)39-27(3,4)5)25(33)24-23(35-15-19-11-9-8-10-12-19)22(32)13-21(38-24)17-37-40-29/h8-13,18,20,40H,14-17H2,1-7H3. The lowest BCUT2D eigenvalue weighted by Gasteiger charge is -2.37. The molecule has 2 amide bonds. The summed E-state index contributed by atoms with van der Waals surface area (Å²) in [5.74, 6) is -0.710. The van der Waals surface area contributed by atoms with Gasteiger partial charge < -0.3 is 28.1 Å². The van der Waals surface area contributed by atoms with Crippen LogP contribution in [0.15, 0.2) is 45.6 Å². The maximum absolute atomic E-state index is 14.0. The van der Waals surface area contributed by atoms with Gasteiger partial charge in [-0.2, -0.15) is 0 Å². The molecule has 0 spiro atoms. The first-order valence-electron chi connectivity index (χ1n) is 13.0. The van der Waals surface area contributed by atoms with E-state index in [0.29, 0.717) is 0 Å². The summed E-state index contributed by atoms with van der Waals surface area (Å²) in [5, 5.41) is 0. The summed E-state index contributed by atoms with van der Waals surface area (Å²) in [6, 6.07) is 9.81. The highest BCUT2D eigenvalue weighted by Crippen LogP contribution is 2.31. The number of amides is 2. The second kappa shape index (κ2) is 13.6. The fraction of sp³-hybridized carbons (Fsp3) is 0.536. The molecule has 0 radical (unpaired) electrons. The van der Waals surface area contributed by atoms with Crippen molar-refractivity contribution in [3.05, 3.63) is 63.7 Å². The van der Waals surface area contributed by atoms with Crippen LogP contribution in [0.1, 0.15) is 70.3 Å². The number of hydrogen-bond acceptors (Lipinski definition) is 8. The number of ether oxygens (including phenoxy) is 3. The lowest BCUT2D eigenvalue weighted by atomic mass is 10.1. The minimum absolute atomic E-state index is 0.0363. The normalized spacial score (nSPS) is 17.0. The van der Waals surface area contributed by atoms with Gasteiger partial charge in [0.15, 0.2) is 0 Å². The zero-order chi connectivity index (χ0) is 29.7. The molecule has 0 N–H and O–H groups in total. The molecule has 10 nitrogen and oxygen atoms in total. The molecule has 2 heterocycles. The van der Waals surface area contributed by atoms with Crippen LogP contribution < -0.4 is 10.2 Å². The molecule has 1 aromatic heterocycles. The quantitative estimate of drug-likeness (QED) is 0.225. The number of halogens is 1. The SMILES string of the molecule is CC(C)N(CC1COC(C)(C)N1C(=O)OC(C)(C)C)C(=O)c1oc(COPI)cc(=O)c1OCc1ccccc1. The summed E-state index contributed by atoms with van der Waals surface area (Å²) in [6.07, 6.45) is -0.534. The molecule has 1 aliphatic heterocycles. The van der Waals surface area contributed by atoms with Crippen LogP contribution in [0.5, 0.6) is 5.75 Å². The van der Waals surface area contributed by atoms with Gasteiger partial charge in [0.05, 0.1) is 19.1 Å². The minimum Gasteiger partial charge on any atom is -0.481 e. The molecule has 220 valence electrons. The van der Waals surface area contributed by atoms with Gasteiger partial charge in [0, 0.05) is 18.7 Å². The zero-order valence-corrected chi connectivity index (χ0v) is 27.1. The van der Waals surface area contributed by atoms with Crippen molar-refractivity contribution in [3.63, 3.8) is 0 Å². The molecule has 2 atom stereocenters. The van der Waals surface area contributed by atoms with Gasteiger partial charge in [-0.1, -0.05) is 30.3 Å². The van der Waals surface area contributed by atoms with Crippen LogP contribution in [0.4, 0.5) is 4.79 Å². The van der Waals surface area contributed by atoms with Crippen molar-refractivity contribution in [2.45, 2.75) is 85.1 Å². The van der Waals surface area contributed by atoms with Crippen LogP contribution in [-0.4, -0.2) is 58.4 Å². The van der Waals surface area contributed by atoms with Gasteiger partial charge in [-0.15, -0.1) is 0 Å². The van der Waals surface area contributed by atoms with E-state index < -0.39 is 34.8 Å². The Bertz CT molecular complexity index is 1230. The number of nitrogens with zero attached hydrogens (tertiary/aromatic N) is 2. The molecule has 2 unspecified atom stereocenters. The summed E-state index contributed by atoms with van der Waals surface area (Å²) in [7, 11) is 0. The van der Waals surface area contributed by atoms with Crippen LogP contribution in [0, 0.1) is 0 Å². The highest BCUT2D eigenvalue weighted by molar-refractivity contribution is 14.2. The van der Waals surface area contributed by atoms with E-state index in [1.165, 1.54) is 11.0 Å². The molecule has 40 heavy (non-hydrogen) atoms. The average Bonchev–Trinajstić information content (AvgIpc) is 3.17. The Morgan fingerprint density at radius 2 is 1.88 bits per heavy atom. The van der Waals surface area contributed by atoms with Gasteiger partial charge in [-0.3, -0.25) is 14.5 Å². The monoisotopic (exact) mass is 688 g/mol. The molecule has 0 saturated carbocycles. The highest BCUT2D eigenvalue weighted by Gasteiger charge is 2.47. The van der Waals surface area contributed by atoms with E-state index in [0.717, 1.165) is 5.56 Å². The second-order valence-corrected chi connectivity index (χ2v) is 13.0. The smallest absolute Gasteiger partial charge is 0.412 e. The molecule has 2 aromatic rings. The van der Waals surface area contributed by atoms with Gasteiger partial charge in [0.25, 0.3) is 5.91 Å². The third-order valence-corrected chi connectivity index (χ3v) is 7.29. The fourth-order valence-corrected chi connectivity index (χ4v) is 4.96.